The van der Waals surface area contributed by atoms with E-state index in [2.05, 4.69) is 0 Å². The van der Waals surface area contributed by atoms with Crippen LogP contribution in [0.5, 0.6) is 11.5 Å². The molecule has 0 fully saturated rings. The van der Waals surface area contributed by atoms with Gasteiger partial charge in [-0.15, -0.1) is 0 Å². The van der Waals surface area contributed by atoms with Crippen molar-refractivity contribution in [2.45, 2.75) is 19.3 Å². The molecule has 1 aromatic rings. The van der Waals surface area contributed by atoms with E-state index in [1.165, 1.54) is 6.07 Å². The third-order valence-corrected chi connectivity index (χ3v) is 2.22. The average molecular weight is 178 g/mol. The Kier molecular flexibility index (Phi) is 1.72. The second kappa shape index (κ2) is 2.76. The van der Waals surface area contributed by atoms with E-state index in [4.69, 9.17) is 9.84 Å². The van der Waals surface area contributed by atoms with Gasteiger partial charge in [-0.1, -0.05) is 13.0 Å². The Labute approximate surface area is 76.0 Å². The van der Waals surface area contributed by atoms with Gasteiger partial charge in [0.2, 0.25) is 0 Å². The van der Waals surface area contributed by atoms with Gasteiger partial charge in [0, 0.05) is 6.07 Å². The van der Waals surface area contributed by atoms with Crippen LogP contribution >= 0.6 is 0 Å². The van der Waals surface area contributed by atoms with E-state index in [0.717, 1.165) is 5.56 Å². The van der Waals surface area contributed by atoms with Gasteiger partial charge in [-0.3, -0.25) is 4.79 Å². The molecule has 0 saturated heterocycles. The first-order valence-corrected chi connectivity index (χ1v) is 4.20. The number of benzene rings is 1. The van der Waals surface area contributed by atoms with Gasteiger partial charge in [0.1, 0.15) is 11.5 Å². The monoisotopic (exact) mass is 178 g/mol. The molecule has 0 aromatic heterocycles. The lowest BCUT2D eigenvalue weighted by Crippen LogP contribution is -2.18. The fraction of sp³-hybridized carbons (Fsp3) is 0.300. The van der Waals surface area contributed by atoms with Crippen LogP contribution in [0.2, 0.25) is 0 Å². The molecule has 68 valence electrons. The minimum atomic E-state index is -0.231. The van der Waals surface area contributed by atoms with Gasteiger partial charge < -0.3 is 9.84 Å². The molecule has 1 aromatic carbocycles. The fourth-order valence-electron chi connectivity index (χ4n) is 1.54. The largest absolute Gasteiger partial charge is 0.508 e. The zero-order chi connectivity index (χ0) is 9.42. The van der Waals surface area contributed by atoms with Crippen LogP contribution in [0.1, 0.15) is 24.8 Å². The van der Waals surface area contributed by atoms with Crippen LogP contribution in [-0.4, -0.2) is 11.1 Å². The molecule has 13 heavy (non-hydrogen) atoms. The number of carbonyl (C=O) groups is 1. The van der Waals surface area contributed by atoms with E-state index in [-0.39, 0.29) is 17.6 Å². The van der Waals surface area contributed by atoms with Crippen LogP contribution in [0.3, 0.4) is 0 Å². The van der Waals surface area contributed by atoms with Crippen molar-refractivity contribution in [3.8, 4) is 11.5 Å². The summed E-state index contributed by atoms with van der Waals surface area (Å²) in [4.78, 5) is 11.0. The van der Waals surface area contributed by atoms with Gasteiger partial charge in [0.25, 0.3) is 0 Å². The van der Waals surface area contributed by atoms with E-state index >= 15 is 0 Å². The number of fused-ring (bicyclic) bond motifs is 1. The van der Waals surface area contributed by atoms with Crippen molar-refractivity contribution >= 4 is 5.97 Å². The second-order valence-corrected chi connectivity index (χ2v) is 3.30. The molecule has 0 aliphatic carbocycles. The van der Waals surface area contributed by atoms with Gasteiger partial charge in [0.05, 0.1) is 6.42 Å². The Balaban J connectivity index is 2.49. The minimum Gasteiger partial charge on any atom is -0.508 e. The molecule has 0 spiro atoms. The maximum atomic E-state index is 11.0. The summed E-state index contributed by atoms with van der Waals surface area (Å²) >= 11 is 0. The molecule has 0 bridgehead atoms. The van der Waals surface area contributed by atoms with Crippen molar-refractivity contribution in [1.29, 1.82) is 0 Å². The molecular weight excluding hydrogens is 168 g/mol. The summed E-state index contributed by atoms with van der Waals surface area (Å²) in [7, 11) is 0. The fourth-order valence-corrected chi connectivity index (χ4v) is 1.54. The molecule has 0 radical (unpaired) electrons. The predicted octanol–water partition coefficient (Wildman–Crippen LogP) is 1.80. The van der Waals surface area contributed by atoms with Crippen molar-refractivity contribution < 1.29 is 14.6 Å². The maximum absolute atomic E-state index is 11.0. The highest BCUT2D eigenvalue weighted by Crippen LogP contribution is 2.35. The van der Waals surface area contributed by atoms with Crippen LogP contribution in [0.4, 0.5) is 0 Å². The first-order valence-electron chi connectivity index (χ1n) is 4.20. The van der Waals surface area contributed by atoms with Crippen LogP contribution < -0.4 is 4.74 Å². The van der Waals surface area contributed by atoms with E-state index in [1.54, 1.807) is 12.1 Å². The standard InChI is InChI=1S/C10H10O3/c1-6-4-10(12)13-9-5-7(11)2-3-8(6)9/h2-3,5-6,11H,4H2,1H3/t6-/m0/s1. The van der Waals surface area contributed by atoms with E-state index in [0.29, 0.717) is 12.2 Å². The molecule has 1 atom stereocenters. The van der Waals surface area contributed by atoms with Crippen molar-refractivity contribution in [3.05, 3.63) is 23.8 Å². The molecule has 1 heterocycles. The minimum absolute atomic E-state index is 0.126. The van der Waals surface area contributed by atoms with Crippen molar-refractivity contribution in [2.24, 2.45) is 0 Å². The quantitative estimate of drug-likeness (QED) is 0.486. The van der Waals surface area contributed by atoms with Gasteiger partial charge in [-0.2, -0.15) is 0 Å². The SMILES string of the molecule is C[C@H]1CC(=O)Oc2cc(O)ccc21. The smallest absolute Gasteiger partial charge is 0.311 e. The summed E-state index contributed by atoms with van der Waals surface area (Å²) in [5.41, 5.74) is 0.984. The zero-order valence-corrected chi connectivity index (χ0v) is 7.28. The summed E-state index contributed by atoms with van der Waals surface area (Å²) in [5, 5.41) is 9.17. The highest BCUT2D eigenvalue weighted by atomic mass is 16.5. The van der Waals surface area contributed by atoms with E-state index in [1.807, 2.05) is 6.92 Å². The molecule has 3 heteroatoms. The Morgan fingerprint density at radius 2 is 2.31 bits per heavy atom. The average Bonchev–Trinajstić information content (AvgIpc) is 2.02. The van der Waals surface area contributed by atoms with Gasteiger partial charge in [-0.05, 0) is 17.5 Å². The molecule has 0 unspecified atom stereocenters. The number of aromatic hydroxyl groups is 1. The lowest BCUT2D eigenvalue weighted by molar-refractivity contribution is -0.135. The van der Waals surface area contributed by atoms with Crippen molar-refractivity contribution in [3.63, 3.8) is 0 Å². The van der Waals surface area contributed by atoms with Crippen molar-refractivity contribution in [1.82, 2.24) is 0 Å². The first kappa shape index (κ1) is 8.10. The maximum Gasteiger partial charge on any atom is 0.311 e. The van der Waals surface area contributed by atoms with Gasteiger partial charge in [-0.25, -0.2) is 0 Å². The zero-order valence-electron chi connectivity index (χ0n) is 7.28. The number of phenolic OH excluding ortho intramolecular Hbond substituents is 1. The summed E-state index contributed by atoms with van der Waals surface area (Å²) < 4.78 is 4.98. The first-order chi connectivity index (χ1) is 6.16. The van der Waals surface area contributed by atoms with Gasteiger partial charge >= 0.3 is 5.97 Å². The molecule has 3 nitrogen and oxygen atoms in total. The number of rotatable bonds is 0. The van der Waals surface area contributed by atoms with E-state index in [9.17, 15) is 4.79 Å². The van der Waals surface area contributed by atoms with Crippen LogP contribution in [0, 0.1) is 0 Å². The van der Waals surface area contributed by atoms with Crippen LogP contribution in [0.25, 0.3) is 0 Å². The Bertz CT molecular complexity index is 357. The van der Waals surface area contributed by atoms with Crippen LogP contribution in [0.15, 0.2) is 18.2 Å². The number of ether oxygens (including phenoxy) is 1. The number of hydrogen-bond donors (Lipinski definition) is 1. The molecule has 0 saturated carbocycles. The Morgan fingerprint density at radius 1 is 1.54 bits per heavy atom. The second-order valence-electron chi connectivity index (χ2n) is 3.30. The molecule has 0 amide bonds. The summed E-state index contributed by atoms with van der Waals surface area (Å²) in [6, 6.07) is 4.87. The number of carbonyl (C=O) groups excluding carboxylic acids is 1. The molecule has 1 N–H and O–H groups in total. The lowest BCUT2D eigenvalue weighted by atomic mass is 9.95. The highest BCUT2D eigenvalue weighted by Gasteiger charge is 2.23. The van der Waals surface area contributed by atoms with Gasteiger partial charge in [0.15, 0.2) is 0 Å². The molecule has 1 aliphatic heterocycles. The summed E-state index contributed by atoms with van der Waals surface area (Å²) in [5.74, 6) is 0.562. The normalized spacial score (nSPS) is 20.7. The number of phenols is 1. The highest BCUT2D eigenvalue weighted by molar-refractivity contribution is 5.76. The topological polar surface area (TPSA) is 46.5 Å². The number of hydrogen-bond acceptors (Lipinski definition) is 3. The molecule has 1 aliphatic rings. The molecular formula is C10H10O3. The number of esters is 1. The molecule has 2 rings (SSSR count). The Hall–Kier alpha value is -1.51. The third-order valence-electron chi connectivity index (χ3n) is 2.22. The van der Waals surface area contributed by atoms with E-state index < -0.39 is 0 Å². The van der Waals surface area contributed by atoms with Crippen molar-refractivity contribution in [2.75, 3.05) is 0 Å². The summed E-state index contributed by atoms with van der Waals surface area (Å²) in [6.07, 6.45) is 0.414. The lowest BCUT2D eigenvalue weighted by Gasteiger charge is -2.20. The Morgan fingerprint density at radius 3 is 3.08 bits per heavy atom. The van der Waals surface area contributed by atoms with Crippen LogP contribution in [-0.2, 0) is 4.79 Å². The summed E-state index contributed by atoms with van der Waals surface area (Å²) in [6.45, 7) is 1.97. The predicted molar refractivity (Wildman–Crippen MR) is 46.8 cm³/mol. The third kappa shape index (κ3) is 1.37.